The molecule has 2 aromatic carbocycles. The Morgan fingerprint density at radius 2 is 1.81 bits per heavy atom. The van der Waals surface area contributed by atoms with Gasteiger partial charge in [-0.05, 0) is 62.7 Å². The summed E-state index contributed by atoms with van der Waals surface area (Å²) in [5, 5.41) is 0. The molecule has 0 saturated carbocycles. The van der Waals surface area contributed by atoms with Crippen molar-refractivity contribution in [1.82, 2.24) is 14.7 Å². The molecule has 0 N–H and O–H groups in total. The Morgan fingerprint density at radius 3 is 2.56 bits per heavy atom. The van der Waals surface area contributed by atoms with E-state index >= 15 is 0 Å². The van der Waals surface area contributed by atoms with Gasteiger partial charge in [-0.3, -0.25) is 9.80 Å². The Labute approximate surface area is 212 Å². The molecule has 3 heterocycles. The van der Waals surface area contributed by atoms with E-state index in [4.69, 9.17) is 14.2 Å². The smallest absolute Gasteiger partial charge is 0.370 e. The average molecular weight is 514 g/mol. The van der Waals surface area contributed by atoms with Crippen molar-refractivity contribution in [1.29, 1.82) is 0 Å². The van der Waals surface area contributed by atoms with Crippen molar-refractivity contribution in [3.63, 3.8) is 0 Å². The second kappa shape index (κ2) is 9.98. The molecule has 1 fully saturated rings. The molecule has 36 heavy (non-hydrogen) atoms. The first-order valence-electron chi connectivity index (χ1n) is 12.1. The zero-order valence-corrected chi connectivity index (χ0v) is 21.6. The highest BCUT2D eigenvalue weighted by Crippen LogP contribution is 2.34. The Bertz CT molecular complexity index is 1270. The Balaban J connectivity index is 1.31. The number of aryl methyl sites for hydroxylation is 1. The summed E-state index contributed by atoms with van der Waals surface area (Å²) in [6, 6.07) is 13.2. The van der Waals surface area contributed by atoms with E-state index in [2.05, 4.69) is 19.8 Å². The first-order valence-corrected chi connectivity index (χ1v) is 13.5. The van der Waals surface area contributed by atoms with E-state index in [-0.39, 0.29) is 18.6 Å². The summed E-state index contributed by atoms with van der Waals surface area (Å²) in [5.74, 6) is 1.88. The second-order valence-corrected chi connectivity index (χ2v) is 10.6. The standard InChI is InChI=1S/C25H31N5O5S/c1-18-7-10-20(11-8-18)34-25-27-36(31,32)26-24(29(25)3)28(2)23-17-33-21-12-9-19(15-22(21)35-23)16-30-13-5-4-6-14-30/h7-12,15,23H,4-6,13-14,16-17H2,1-3H3. The zero-order valence-electron chi connectivity index (χ0n) is 20.8. The molecule has 0 amide bonds. The third kappa shape index (κ3) is 5.41. The Kier molecular flexibility index (Phi) is 6.76. The van der Waals surface area contributed by atoms with Gasteiger partial charge in [-0.25, -0.2) is 0 Å². The van der Waals surface area contributed by atoms with Crippen LogP contribution in [-0.4, -0.2) is 75.1 Å². The van der Waals surface area contributed by atoms with Gasteiger partial charge < -0.3 is 19.1 Å². The summed E-state index contributed by atoms with van der Waals surface area (Å²) in [6.07, 6.45) is 3.16. The number of fused-ring (bicyclic) bond motifs is 1. The average Bonchev–Trinajstić information content (AvgIpc) is 2.87. The molecule has 0 radical (unpaired) electrons. The van der Waals surface area contributed by atoms with Gasteiger partial charge >= 0.3 is 16.2 Å². The maximum atomic E-state index is 12.5. The minimum absolute atomic E-state index is 0.100. The fourth-order valence-corrected chi connectivity index (χ4v) is 5.28. The number of rotatable bonds is 4. The summed E-state index contributed by atoms with van der Waals surface area (Å²) >= 11 is 0. The molecule has 0 aliphatic carbocycles. The minimum Gasteiger partial charge on any atom is -0.484 e. The summed E-state index contributed by atoms with van der Waals surface area (Å²) in [4.78, 5) is 5.54. The molecule has 1 saturated heterocycles. The number of likely N-dealkylation sites (N-methyl/N-ethyl adjacent to an activating group) is 1. The molecule has 3 aliphatic rings. The lowest BCUT2D eigenvalue weighted by Crippen LogP contribution is -2.54. The summed E-state index contributed by atoms with van der Waals surface area (Å²) in [6.45, 7) is 5.23. The number of piperidine rings is 1. The first kappa shape index (κ1) is 24.4. The molecule has 3 aliphatic heterocycles. The van der Waals surface area contributed by atoms with Crippen LogP contribution in [0, 0.1) is 6.92 Å². The van der Waals surface area contributed by atoms with E-state index in [1.165, 1.54) is 24.2 Å². The molecular formula is C25H31N5O5S. The van der Waals surface area contributed by atoms with Crippen LogP contribution < -0.4 is 14.2 Å². The number of amidine groups is 1. The molecule has 0 bridgehead atoms. The van der Waals surface area contributed by atoms with Gasteiger partial charge in [-0.1, -0.05) is 34.6 Å². The molecule has 11 heteroatoms. The molecule has 1 atom stereocenters. The highest BCUT2D eigenvalue weighted by molar-refractivity contribution is 7.89. The summed E-state index contributed by atoms with van der Waals surface area (Å²) in [7, 11) is -0.795. The van der Waals surface area contributed by atoms with Crippen LogP contribution in [-0.2, 0) is 16.8 Å². The first-order chi connectivity index (χ1) is 17.3. The van der Waals surface area contributed by atoms with Gasteiger partial charge in [-0.15, -0.1) is 4.40 Å². The SMILES string of the molecule is Cc1ccc(OC2=NS(=O)(=O)N=C(N(C)C3COc4ccc(CN5CCCCC5)cc4O3)N2C)cc1. The van der Waals surface area contributed by atoms with E-state index in [1.807, 2.05) is 31.2 Å². The topological polar surface area (TPSA) is 96.3 Å². The van der Waals surface area contributed by atoms with Gasteiger partial charge in [0.25, 0.3) is 0 Å². The van der Waals surface area contributed by atoms with Crippen molar-refractivity contribution >= 4 is 22.2 Å². The molecule has 5 rings (SSSR count). The molecule has 192 valence electrons. The maximum Gasteiger partial charge on any atom is 0.370 e. The van der Waals surface area contributed by atoms with Crippen molar-refractivity contribution < 1.29 is 22.6 Å². The number of likely N-dealkylation sites (tertiary alicyclic amines) is 1. The minimum atomic E-state index is -4.14. The lowest BCUT2D eigenvalue weighted by atomic mass is 10.1. The van der Waals surface area contributed by atoms with Crippen molar-refractivity contribution in [2.45, 2.75) is 39.0 Å². The number of benzene rings is 2. The highest BCUT2D eigenvalue weighted by Gasteiger charge is 2.35. The van der Waals surface area contributed by atoms with E-state index < -0.39 is 16.4 Å². The van der Waals surface area contributed by atoms with E-state index in [0.29, 0.717) is 17.2 Å². The Morgan fingerprint density at radius 1 is 1.06 bits per heavy atom. The molecule has 0 aromatic heterocycles. The lowest BCUT2D eigenvalue weighted by Gasteiger charge is -2.37. The number of ether oxygens (including phenoxy) is 3. The predicted molar refractivity (Wildman–Crippen MR) is 137 cm³/mol. The van der Waals surface area contributed by atoms with Crippen LogP contribution in [0.5, 0.6) is 17.2 Å². The molecule has 10 nitrogen and oxygen atoms in total. The van der Waals surface area contributed by atoms with E-state index in [9.17, 15) is 8.42 Å². The van der Waals surface area contributed by atoms with Crippen LogP contribution in [0.25, 0.3) is 0 Å². The van der Waals surface area contributed by atoms with Gasteiger partial charge in [0.15, 0.2) is 11.5 Å². The van der Waals surface area contributed by atoms with E-state index in [1.54, 1.807) is 31.1 Å². The maximum absolute atomic E-state index is 12.5. The highest BCUT2D eigenvalue weighted by atomic mass is 32.2. The number of hydrogen-bond acceptors (Lipinski definition) is 8. The van der Waals surface area contributed by atoms with Crippen molar-refractivity contribution in [3.8, 4) is 17.2 Å². The van der Waals surface area contributed by atoms with Gasteiger partial charge in [-0.2, -0.15) is 8.42 Å². The zero-order chi connectivity index (χ0) is 25.3. The van der Waals surface area contributed by atoms with Gasteiger partial charge in [0.1, 0.15) is 12.4 Å². The molecule has 0 spiro atoms. The van der Waals surface area contributed by atoms with Gasteiger partial charge in [0.05, 0.1) is 0 Å². The van der Waals surface area contributed by atoms with Crippen molar-refractivity contribution in [2.24, 2.45) is 8.80 Å². The van der Waals surface area contributed by atoms with Gasteiger partial charge in [0, 0.05) is 20.6 Å². The Hall–Kier alpha value is -3.31. The summed E-state index contributed by atoms with van der Waals surface area (Å²) in [5.41, 5.74) is 2.21. The largest absolute Gasteiger partial charge is 0.484 e. The van der Waals surface area contributed by atoms with Crippen LogP contribution >= 0.6 is 0 Å². The fourth-order valence-electron chi connectivity index (χ4n) is 4.43. The predicted octanol–water partition coefficient (Wildman–Crippen LogP) is 2.99. The van der Waals surface area contributed by atoms with Crippen molar-refractivity contribution in [3.05, 3.63) is 53.6 Å². The van der Waals surface area contributed by atoms with Crippen molar-refractivity contribution in [2.75, 3.05) is 33.8 Å². The lowest BCUT2D eigenvalue weighted by molar-refractivity contribution is 0.0149. The number of hydrogen-bond donors (Lipinski definition) is 0. The molecule has 2 aromatic rings. The van der Waals surface area contributed by atoms with Crippen LogP contribution in [0.2, 0.25) is 0 Å². The van der Waals surface area contributed by atoms with E-state index in [0.717, 1.165) is 30.8 Å². The monoisotopic (exact) mass is 513 g/mol. The van der Waals surface area contributed by atoms with Crippen LogP contribution in [0.1, 0.15) is 30.4 Å². The third-order valence-corrected chi connectivity index (χ3v) is 7.24. The van der Waals surface area contributed by atoms with Gasteiger partial charge in [0.2, 0.25) is 12.2 Å². The summed E-state index contributed by atoms with van der Waals surface area (Å²) < 4.78 is 50.5. The molecular weight excluding hydrogens is 482 g/mol. The number of guanidine groups is 1. The van der Waals surface area contributed by atoms with Crippen LogP contribution in [0.4, 0.5) is 0 Å². The normalized spacial score (nSPS) is 21.4. The fraction of sp³-hybridized carbons (Fsp3) is 0.440. The van der Waals surface area contributed by atoms with Crippen LogP contribution in [0.3, 0.4) is 0 Å². The van der Waals surface area contributed by atoms with Crippen LogP contribution in [0.15, 0.2) is 51.3 Å². The number of nitrogens with zero attached hydrogens (tertiary/aromatic N) is 5. The quantitative estimate of drug-likeness (QED) is 0.616. The molecule has 1 unspecified atom stereocenters. The second-order valence-electron chi connectivity index (χ2n) is 9.30. The third-order valence-electron chi connectivity index (χ3n) is 6.46.